The van der Waals surface area contributed by atoms with Gasteiger partial charge in [0.15, 0.2) is 0 Å². The van der Waals surface area contributed by atoms with Crippen LogP contribution in [0.4, 0.5) is 74.6 Å². The van der Waals surface area contributed by atoms with E-state index < -0.39 is 60.2 Å². The molecule has 0 N–H and O–H groups in total. The highest BCUT2D eigenvalue weighted by Gasteiger charge is 2.95. The van der Waals surface area contributed by atoms with Crippen molar-refractivity contribution in [2.45, 2.75) is 106 Å². The predicted octanol–water partition coefficient (Wildman–Crippen LogP) is 8.68. The summed E-state index contributed by atoms with van der Waals surface area (Å²) in [4.78, 5) is 11.2. The summed E-state index contributed by atoms with van der Waals surface area (Å²) in [6.07, 6.45) is -3.71. The zero-order valence-electron chi connectivity index (χ0n) is 19.1. The first-order valence-electron chi connectivity index (χ1n) is 10.6. The van der Waals surface area contributed by atoms with Gasteiger partial charge in [-0.1, -0.05) is 51.9 Å². The third-order valence-corrected chi connectivity index (χ3v) is 5.21. The summed E-state index contributed by atoms with van der Waals surface area (Å²) < 4.78 is 227. The van der Waals surface area contributed by atoms with E-state index in [1.807, 2.05) is 6.92 Å². The monoisotopic (exact) mass is 604 g/mol. The molecule has 0 heterocycles. The Hall–Kier alpha value is -1.72. The van der Waals surface area contributed by atoms with E-state index in [-0.39, 0.29) is 12.8 Å². The van der Waals surface area contributed by atoms with Crippen LogP contribution in [0.1, 0.15) is 58.3 Å². The lowest BCUT2D eigenvalue weighted by atomic mass is 9.89. The molecular weight excluding hydrogens is 583 g/mol. The molecule has 19 heteroatoms. The summed E-state index contributed by atoms with van der Waals surface area (Å²) in [5.41, 5.74) is 0. The van der Waals surface area contributed by atoms with Crippen molar-refractivity contribution in [3.8, 4) is 0 Å². The average Bonchev–Trinajstić information content (AvgIpc) is 2.76. The molecule has 0 saturated carbocycles. The molecule has 2 nitrogen and oxygen atoms in total. The first-order chi connectivity index (χ1) is 16.7. The maximum atomic E-state index is 13.7. The minimum Gasteiger partial charge on any atom is -0.461 e. The molecule has 0 aliphatic carbocycles. The Labute approximate surface area is 203 Å². The molecule has 0 saturated heterocycles. The maximum Gasteiger partial charge on any atom is 0.460 e. The largest absolute Gasteiger partial charge is 0.461 e. The SMILES string of the molecule is CCCCCCCCCCOC(=O)C(F)(F)C(F)(F)C(F)(F)C(F)(F)C(F)(F)C(F)(F)C(F)(F)C(F)(F)F. The number of hydrogen-bond acceptors (Lipinski definition) is 2. The van der Waals surface area contributed by atoms with Crippen molar-refractivity contribution in [1.29, 1.82) is 0 Å². The summed E-state index contributed by atoms with van der Waals surface area (Å²) in [6, 6.07) is 0. The van der Waals surface area contributed by atoms with Crippen LogP contribution < -0.4 is 0 Å². The second-order valence-corrected chi connectivity index (χ2v) is 8.13. The molecule has 0 aliphatic heterocycles. The second kappa shape index (κ2) is 11.8. The number of hydrogen-bond donors (Lipinski definition) is 0. The third kappa shape index (κ3) is 6.20. The summed E-state index contributed by atoms with van der Waals surface area (Å²) in [5.74, 6) is -61.7. The van der Waals surface area contributed by atoms with Crippen molar-refractivity contribution in [1.82, 2.24) is 0 Å². The molecule has 0 bridgehead atoms. The molecule has 228 valence electrons. The van der Waals surface area contributed by atoms with E-state index in [0.29, 0.717) is 12.8 Å². The summed E-state index contributed by atoms with van der Waals surface area (Å²) in [6.45, 7) is 0.714. The van der Waals surface area contributed by atoms with Crippen LogP contribution in [0, 0.1) is 0 Å². The van der Waals surface area contributed by atoms with Crippen LogP contribution in [-0.4, -0.2) is 60.2 Å². The van der Waals surface area contributed by atoms with Gasteiger partial charge in [0.1, 0.15) is 0 Å². The molecule has 0 aliphatic rings. The fourth-order valence-corrected chi connectivity index (χ4v) is 2.78. The third-order valence-electron chi connectivity index (χ3n) is 5.21. The predicted molar refractivity (Wildman–Crippen MR) is 94.3 cm³/mol. The Balaban J connectivity index is 5.79. The van der Waals surface area contributed by atoms with Gasteiger partial charge in [-0.3, -0.25) is 0 Å². The molecule has 38 heavy (non-hydrogen) atoms. The number of esters is 1. The van der Waals surface area contributed by atoms with Gasteiger partial charge in [-0.2, -0.15) is 74.6 Å². The molecule has 0 unspecified atom stereocenters. The number of halogens is 17. The summed E-state index contributed by atoms with van der Waals surface area (Å²) in [7, 11) is 0. The topological polar surface area (TPSA) is 26.3 Å². The Morgan fingerprint density at radius 1 is 0.474 bits per heavy atom. The van der Waals surface area contributed by atoms with Crippen molar-refractivity contribution in [3.63, 3.8) is 0 Å². The number of ether oxygens (including phenoxy) is 1. The normalized spacial score (nSPS) is 15.1. The molecule has 0 fully saturated rings. The molecular formula is C19H21F17O2. The lowest BCUT2D eigenvalue weighted by Crippen LogP contribution is -2.75. The van der Waals surface area contributed by atoms with E-state index >= 15 is 0 Å². The van der Waals surface area contributed by atoms with E-state index in [9.17, 15) is 79.4 Å². The lowest BCUT2D eigenvalue weighted by molar-refractivity contribution is -0.460. The minimum absolute atomic E-state index is 0.102. The van der Waals surface area contributed by atoms with E-state index in [2.05, 4.69) is 4.74 Å². The highest BCUT2D eigenvalue weighted by atomic mass is 19.4. The van der Waals surface area contributed by atoms with Gasteiger partial charge in [-0.25, -0.2) is 4.79 Å². The highest BCUT2D eigenvalue weighted by molar-refractivity contribution is 5.79. The van der Waals surface area contributed by atoms with Gasteiger partial charge >= 0.3 is 53.6 Å². The highest BCUT2D eigenvalue weighted by Crippen LogP contribution is 2.64. The molecule has 0 spiro atoms. The molecule has 0 radical (unpaired) electrons. The van der Waals surface area contributed by atoms with Crippen LogP contribution in [-0.2, 0) is 9.53 Å². The Bertz CT molecular complexity index is 774. The number of unbranched alkanes of at least 4 members (excludes halogenated alkanes) is 7. The van der Waals surface area contributed by atoms with Gasteiger partial charge in [-0.05, 0) is 6.42 Å². The van der Waals surface area contributed by atoms with Crippen LogP contribution in [0.3, 0.4) is 0 Å². The van der Waals surface area contributed by atoms with Crippen LogP contribution >= 0.6 is 0 Å². The number of alkyl halides is 17. The van der Waals surface area contributed by atoms with Gasteiger partial charge in [0.05, 0.1) is 6.61 Å². The van der Waals surface area contributed by atoms with Gasteiger partial charge < -0.3 is 4.74 Å². The molecule has 0 rings (SSSR count). The van der Waals surface area contributed by atoms with Crippen LogP contribution in [0.5, 0.6) is 0 Å². The quantitative estimate of drug-likeness (QED) is 0.100. The van der Waals surface area contributed by atoms with Gasteiger partial charge in [-0.15, -0.1) is 0 Å². The van der Waals surface area contributed by atoms with Crippen molar-refractivity contribution in [3.05, 3.63) is 0 Å². The number of carbonyl (C=O) groups is 1. The van der Waals surface area contributed by atoms with E-state index in [0.717, 1.165) is 25.7 Å². The van der Waals surface area contributed by atoms with Crippen molar-refractivity contribution in [2.75, 3.05) is 6.61 Å². The standard InChI is InChI=1S/C19H21F17O2/c1-2-3-4-5-6-7-8-9-10-38-11(37)12(20,21)13(22,23)14(24,25)15(26,27)16(28,29)17(30,31)18(32,33)19(34,35)36/h2-10H2,1H3. The van der Waals surface area contributed by atoms with Crippen LogP contribution in [0.2, 0.25) is 0 Å². The smallest absolute Gasteiger partial charge is 0.460 e. The fourth-order valence-electron chi connectivity index (χ4n) is 2.78. The molecule has 0 aromatic rings. The van der Waals surface area contributed by atoms with Crippen molar-refractivity contribution < 1.29 is 84.2 Å². The first-order valence-corrected chi connectivity index (χ1v) is 10.6. The van der Waals surface area contributed by atoms with Crippen molar-refractivity contribution >= 4 is 5.97 Å². The second-order valence-electron chi connectivity index (χ2n) is 8.13. The first kappa shape index (κ1) is 36.3. The number of rotatable bonds is 16. The van der Waals surface area contributed by atoms with E-state index in [1.165, 1.54) is 0 Å². The molecule has 0 amide bonds. The van der Waals surface area contributed by atoms with Gasteiger partial charge in [0.2, 0.25) is 0 Å². The number of carbonyl (C=O) groups excluding carboxylic acids is 1. The lowest BCUT2D eigenvalue weighted by Gasteiger charge is -2.42. The van der Waals surface area contributed by atoms with E-state index in [1.54, 1.807) is 0 Å². The minimum atomic E-state index is -8.73. The molecule has 0 aromatic heterocycles. The average molecular weight is 604 g/mol. The zero-order valence-corrected chi connectivity index (χ0v) is 19.1. The summed E-state index contributed by atoms with van der Waals surface area (Å²) >= 11 is 0. The van der Waals surface area contributed by atoms with E-state index in [4.69, 9.17) is 0 Å². The Morgan fingerprint density at radius 3 is 1.16 bits per heavy atom. The Morgan fingerprint density at radius 2 is 0.789 bits per heavy atom. The van der Waals surface area contributed by atoms with Crippen LogP contribution in [0.15, 0.2) is 0 Å². The fraction of sp³-hybridized carbons (Fsp3) is 0.947. The molecule has 0 atom stereocenters. The van der Waals surface area contributed by atoms with Gasteiger partial charge in [0, 0.05) is 0 Å². The van der Waals surface area contributed by atoms with Gasteiger partial charge in [0.25, 0.3) is 0 Å². The van der Waals surface area contributed by atoms with Crippen molar-refractivity contribution in [2.24, 2.45) is 0 Å². The zero-order chi connectivity index (χ0) is 30.6. The summed E-state index contributed by atoms with van der Waals surface area (Å²) in [5, 5.41) is 0. The van der Waals surface area contributed by atoms with Crippen LogP contribution in [0.25, 0.3) is 0 Å². The Kier molecular flexibility index (Phi) is 11.3. The molecule has 0 aromatic carbocycles. The maximum absolute atomic E-state index is 13.7.